The summed E-state index contributed by atoms with van der Waals surface area (Å²) >= 11 is 0. The highest BCUT2D eigenvalue weighted by Gasteiger charge is 2.50. The first-order valence-electron chi connectivity index (χ1n) is 9.91. The topological polar surface area (TPSA) is 37.3 Å². The molecule has 3 aliphatic rings. The molecule has 3 aliphatic carbocycles. The molecule has 1 N–H and O–H groups in total. The number of carbonyl (C=O) groups is 1. The number of Topliss-reactive ketones (excluding diaryl/α,β-unsaturated/α-hetero) is 1. The fourth-order valence-electron chi connectivity index (χ4n) is 6.18. The Balaban J connectivity index is 1.86. The van der Waals surface area contributed by atoms with Gasteiger partial charge in [-0.2, -0.15) is 0 Å². The van der Waals surface area contributed by atoms with E-state index in [4.69, 9.17) is 0 Å². The number of ketones is 1. The number of aliphatic hydroxyl groups excluding tert-OH is 1. The fraction of sp³-hybridized carbons (Fsp3) is 0.857. The molecule has 23 heavy (non-hydrogen) atoms. The molecule has 0 heterocycles. The summed E-state index contributed by atoms with van der Waals surface area (Å²) in [7, 11) is 0. The molecule has 0 aromatic carbocycles. The summed E-state index contributed by atoms with van der Waals surface area (Å²) in [6.07, 6.45) is 10.3. The van der Waals surface area contributed by atoms with E-state index in [0.29, 0.717) is 17.6 Å². The first kappa shape index (κ1) is 17.2. The monoisotopic (exact) mass is 318 g/mol. The highest BCUT2D eigenvalue weighted by molar-refractivity contribution is 5.82. The Bertz CT molecular complexity index is 492. The average molecular weight is 319 g/mol. The van der Waals surface area contributed by atoms with Crippen LogP contribution in [0, 0.1) is 23.2 Å². The summed E-state index contributed by atoms with van der Waals surface area (Å²) in [5.74, 6) is 2.53. The maximum atomic E-state index is 11.8. The standard InChI is InChI=1S/C21H34O2/c1-4-6-20(23)21(3)12-11-17-16-10-8-15(22)13-14(16)7-9-18(17)19(21)5-2/h17-20,23H,4-13H2,1-3H3/t17-,18-,19+,20?,21+/m1/s1. The third kappa shape index (κ3) is 2.92. The second-order valence-corrected chi connectivity index (χ2v) is 8.52. The Morgan fingerprint density at radius 3 is 2.70 bits per heavy atom. The zero-order valence-corrected chi connectivity index (χ0v) is 15.2. The summed E-state index contributed by atoms with van der Waals surface area (Å²) in [6.45, 7) is 6.85. The summed E-state index contributed by atoms with van der Waals surface area (Å²) in [6, 6.07) is 0. The second-order valence-electron chi connectivity index (χ2n) is 8.52. The predicted octanol–water partition coefficient (Wildman–Crippen LogP) is 5.05. The molecule has 0 spiro atoms. The Hall–Kier alpha value is -0.630. The van der Waals surface area contributed by atoms with Crippen LogP contribution < -0.4 is 0 Å². The van der Waals surface area contributed by atoms with Crippen molar-refractivity contribution in [3.8, 4) is 0 Å². The van der Waals surface area contributed by atoms with E-state index in [1.807, 2.05) is 0 Å². The van der Waals surface area contributed by atoms with Crippen molar-refractivity contribution in [2.45, 2.75) is 91.1 Å². The molecule has 0 bridgehead atoms. The minimum atomic E-state index is -0.151. The number of fused-ring (bicyclic) bond motifs is 2. The van der Waals surface area contributed by atoms with Gasteiger partial charge in [0.15, 0.2) is 0 Å². The lowest BCUT2D eigenvalue weighted by atomic mass is 9.51. The summed E-state index contributed by atoms with van der Waals surface area (Å²) in [5, 5.41) is 10.8. The first-order chi connectivity index (χ1) is 11.0. The zero-order chi connectivity index (χ0) is 16.6. The van der Waals surface area contributed by atoms with Gasteiger partial charge in [0.05, 0.1) is 6.10 Å². The Labute approximate surface area is 141 Å². The number of hydrogen-bond donors (Lipinski definition) is 1. The normalized spacial score (nSPS) is 39.0. The van der Waals surface area contributed by atoms with Crippen LogP contribution in [0.3, 0.4) is 0 Å². The van der Waals surface area contributed by atoms with Crippen molar-refractivity contribution in [1.82, 2.24) is 0 Å². The smallest absolute Gasteiger partial charge is 0.137 e. The van der Waals surface area contributed by atoms with Crippen LogP contribution in [-0.4, -0.2) is 17.0 Å². The van der Waals surface area contributed by atoms with Crippen molar-refractivity contribution in [3.63, 3.8) is 0 Å². The van der Waals surface area contributed by atoms with Gasteiger partial charge >= 0.3 is 0 Å². The van der Waals surface area contributed by atoms with Gasteiger partial charge in [0.25, 0.3) is 0 Å². The van der Waals surface area contributed by atoms with E-state index in [9.17, 15) is 9.90 Å². The largest absolute Gasteiger partial charge is 0.393 e. The van der Waals surface area contributed by atoms with Gasteiger partial charge < -0.3 is 5.11 Å². The highest BCUT2D eigenvalue weighted by atomic mass is 16.3. The molecule has 2 heteroatoms. The molecule has 5 atom stereocenters. The second kappa shape index (κ2) is 6.70. The van der Waals surface area contributed by atoms with Gasteiger partial charge in [0.2, 0.25) is 0 Å². The van der Waals surface area contributed by atoms with E-state index in [1.54, 1.807) is 5.57 Å². The van der Waals surface area contributed by atoms with Crippen molar-refractivity contribution in [3.05, 3.63) is 11.1 Å². The van der Waals surface area contributed by atoms with Crippen molar-refractivity contribution in [2.24, 2.45) is 23.2 Å². The average Bonchev–Trinajstić information content (AvgIpc) is 2.54. The molecule has 1 unspecified atom stereocenters. The maximum Gasteiger partial charge on any atom is 0.137 e. The van der Waals surface area contributed by atoms with Crippen LogP contribution in [0.5, 0.6) is 0 Å². The SMILES string of the molecule is CCCC(O)[C@@]1(C)CC[C@@H]2C3=C(CC[C@H]2[C@@H]1CC)CC(=O)CC3. The molecule has 0 aromatic rings. The molecule has 0 amide bonds. The minimum absolute atomic E-state index is 0.0917. The van der Waals surface area contributed by atoms with Crippen molar-refractivity contribution in [2.75, 3.05) is 0 Å². The van der Waals surface area contributed by atoms with Crippen LogP contribution in [0.15, 0.2) is 11.1 Å². The van der Waals surface area contributed by atoms with Crippen molar-refractivity contribution >= 4 is 5.78 Å². The number of rotatable bonds is 4. The predicted molar refractivity (Wildman–Crippen MR) is 94.1 cm³/mol. The molecule has 0 saturated heterocycles. The van der Waals surface area contributed by atoms with E-state index in [-0.39, 0.29) is 11.5 Å². The third-order valence-corrected chi connectivity index (χ3v) is 7.40. The van der Waals surface area contributed by atoms with Crippen molar-refractivity contribution < 1.29 is 9.90 Å². The molecule has 2 nitrogen and oxygen atoms in total. The van der Waals surface area contributed by atoms with Crippen molar-refractivity contribution in [1.29, 1.82) is 0 Å². The lowest BCUT2D eigenvalue weighted by Gasteiger charge is -2.54. The van der Waals surface area contributed by atoms with Crippen LogP contribution >= 0.6 is 0 Å². The summed E-state index contributed by atoms with van der Waals surface area (Å²) in [4.78, 5) is 11.8. The first-order valence-corrected chi connectivity index (χ1v) is 9.91. The molecule has 1 fully saturated rings. The Kier molecular flexibility index (Phi) is 5.01. The number of allylic oxidation sites excluding steroid dienone is 2. The molecular formula is C21H34O2. The molecule has 1 saturated carbocycles. The van der Waals surface area contributed by atoms with E-state index < -0.39 is 0 Å². The molecule has 3 rings (SSSR count). The summed E-state index contributed by atoms with van der Waals surface area (Å²) in [5.41, 5.74) is 3.25. The van der Waals surface area contributed by atoms with Crippen LogP contribution in [0.1, 0.15) is 85.0 Å². The van der Waals surface area contributed by atoms with E-state index in [1.165, 1.54) is 24.8 Å². The highest BCUT2D eigenvalue weighted by Crippen LogP contribution is 2.57. The fourth-order valence-corrected chi connectivity index (χ4v) is 6.18. The van der Waals surface area contributed by atoms with Crippen LogP contribution in [0.4, 0.5) is 0 Å². The van der Waals surface area contributed by atoms with E-state index >= 15 is 0 Å². The lowest BCUT2D eigenvalue weighted by molar-refractivity contribution is -0.119. The van der Waals surface area contributed by atoms with Gasteiger partial charge in [-0.25, -0.2) is 0 Å². The maximum absolute atomic E-state index is 11.8. The molecule has 0 radical (unpaired) electrons. The number of aliphatic hydroxyl groups is 1. The van der Waals surface area contributed by atoms with E-state index in [2.05, 4.69) is 20.8 Å². The van der Waals surface area contributed by atoms with E-state index in [0.717, 1.165) is 50.9 Å². The minimum Gasteiger partial charge on any atom is -0.393 e. The molecule has 0 aromatic heterocycles. The van der Waals surface area contributed by atoms with Gasteiger partial charge in [-0.1, -0.05) is 44.8 Å². The van der Waals surface area contributed by atoms with Gasteiger partial charge in [-0.3, -0.25) is 4.79 Å². The lowest BCUT2D eigenvalue weighted by Crippen LogP contribution is -2.49. The summed E-state index contributed by atoms with van der Waals surface area (Å²) < 4.78 is 0. The molecule has 130 valence electrons. The van der Waals surface area contributed by atoms with Crippen LogP contribution in [0.2, 0.25) is 0 Å². The van der Waals surface area contributed by atoms with Crippen LogP contribution in [-0.2, 0) is 4.79 Å². The number of hydrogen-bond acceptors (Lipinski definition) is 2. The Morgan fingerprint density at radius 2 is 2.00 bits per heavy atom. The van der Waals surface area contributed by atoms with Crippen LogP contribution in [0.25, 0.3) is 0 Å². The quantitative estimate of drug-likeness (QED) is 0.736. The van der Waals surface area contributed by atoms with Gasteiger partial charge in [0.1, 0.15) is 5.78 Å². The molecular weight excluding hydrogens is 284 g/mol. The zero-order valence-electron chi connectivity index (χ0n) is 15.2. The van der Waals surface area contributed by atoms with Gasteiger partial charge in [-0.05, 0) is 61.7 Å². The van der Waals surface area contributed by atoms with Gasteiger partial charge in [0, 0.05) is 12.8 Å². The number of carbonyl (C=O) groups excluding carboxylic acids is 1. The van der Waals surface area contributed by atoms with Gasteiger partial charge in [-0.15, -0.1) is 0 Å². The Morgan fingerprint density at radius 1 is 1.22 bits per heavy atom. The molecule has 0 aliphatic heterocycles. The third-order valence-electron chi connectivity index (χ3n) is 7.40.